The molecule has 0 aliphatic heterocycles. The molecule has 0 amide bonds. The average molecular weight is 630 g/mol. The van der Waals surface area contributed by atoms with Crippen molar-refractivity contribution in [2.45, 2.75) is 6.92 Å². The van der Waals surface area contributed by atoms with E-state index < -0.39 is 12.2 Å². The molecule has 184 valence electrons. The molecule has 5 aromatic rings. The Bertz CT molecular complexity index is 1350. The first-order valence-electron chi connectivity index (χ1n) is 12.3. The summed E-state index contributed by atoms with van der Waals surface area (Å²) in [4.78, 5) is 0. The molecule has 0 saturated carbocycles. The third-order valence-electron chi connectivity index (χ3n) is 6.69. The molecule has 0 spiro atoms. The summed E-state index contributed by atoms with van der Waals surface area (Å²) in [5.41, 5.74) is 0. The van der Waals surface area contributed by atoms with Gasteiger partial charge in [0.05, 0.1) is 0 Å². The van der Waals surface area contributed by atoms with Gasteiger partial charge < -0.3 is 0 Å². The minimum atomic E-state index is -3.45. The zero-order valence-corrected chi connectivity index (χ0v) is 24.6. The number of hydrogen-bond acceptors (Lipinski definition) is 1. The van der Waals surface area contributed by atoms with Crippen LogP contribution in [-0.2, 0) is 0 Å². The average Bonchev–Trinajstić information content (AvgIpc) is 2.98. The summed E-state index contributed by atoms with van der Waals surface area (Å²) >= 11 is 2.78. The molecule has 0 atom stereocenters. The van der Waals surface area contributed by atoms with E-state index in [9.17, 15) is 5.11 Å². The van der Waals surface area contributed by atoms with Gasteiger partial charge in [0.1, 0.15) is 0 Å². The summed E-state index contributed by atoms with van der Waals surface area (Å²) in [7, 11) is -1.08. The van der Waals surface area contributed by atoms with Crippen LogP contribution in [-0.4, -0.2) is 5.11 Å². The molecule has 1 nitrogen and oxygen atoms in total. The Labute approximate surface area is 234 Å². The summed E-state index contributed by atoms with van der Waals surface area (Å²) < 4.78 is -3.45. The fourth-order valence-corrected chi connectivity index (χ4v) is 20.7. The minimum absolute atomic E-state index is 0.391. The third kappa shape index (κ3) is 4.46. The Hall–Kier alpha value is -2.77. The fraction of sp³-hybridized carbons (Fsp3) is 0.0303. The van der Waals surface area contributed by atoms with Crippen LogP contribution < -0.4 is 26.5 Å². The summed E-state index contributed by atoms with van der Waals surface area (Å²) in [6.45, 7) is 1.88. The second-order valence-electron chi connectivity index (χ2n) is 8.93. The van der Waals surface area contributed by atoms with Crippen molar-refractivity contribution in [3.8, 4) is 0 Å². The predicted molar refractivity (Wildman–Crippen MR) is 174 cm³/mol. The Morgan fingerprint density at radius 1 is 0.514 bits per heavy atom. The van der Waals surface area contributed by atoms with Crippen LogP contribution in [0.15, 0.2) is 162 Å². The molecule has 0 unspecified atom stereocenters. The van der Waals surface area contributed by atoms with Crippen molar-refractivity contribution >= 4 is 60.7 Å². The molecular formula is C33H29IOP2. The van der Waals surface area contributed by atoms with E-state index in [2.05, 4.69) is 174 Å². The van der Waals surface area contributed by atoms with Crippen molar-refractivity contribution in [2.75, 3.05) is 0 Å². The normalized spacial score (nSPS) is 13.4. The van der Waals surface area contributed by atoms with Gasteiger partial charge in [0.15, 0.2) is 0 Å². The maximum atomic E-state index is 11.9. The second kappa shape index (κ2) is 10.9. The summed E-state index contributed by atoms with van der Waals surface area (Å²) in [5, 5.41) is 19.2. The first-order valence-corrected chi connectivity index (χ1v) is 18.6. The third-order valence-corrected chi connectivity index (χ3v) is 23.4. The van der Waals surface area contributed by atoms with Gasteiger partial charge in [0.25, 0.3) is 0 Å². The number of aliphatic hydroxyl groups is 1. The molecule has 0 radical (unpaired) electrons. The van der Waals surface area contributed by atoms with Gasteiger partial charge in [-0.25, -0.2) is 0 Å². The summed E-state index contributed by atoms with van der Waals surface area (Å²) in [6, 6.07) is 53.8. The molecule has 5 rings (SSSR count). The Kier molecular flexibility index (Phi) is 7.63. The number of aliphatic hydroxyl groups excluding tert-OH is 1. The molecule has 1 N–H and O–H groups in total. The Morgan fingerprint density at radius 2 is 0.784 bits per heavy atom. The van der Waals surface area contributed by atoms with Crippen LogP contribution in [0.1, 0.15) is 6.92 Å². The van der Waals surface area contributed by atoms with E-state index in [1.807, 2.05) is 6.92 Å². The maximum absolute atomic E-state index is 11.9. The molecule has 0 heterocycles. The van der Waals surface area contributed by atoms with E-state index in [0.29, 0.717) is 5.76 Å². The number of rotatable bonds is 7. The van der Waals surface area contributed by atoms with Gasteiger partial charge in [0.2, 0.25) is 0 Å². The Morgan fingerprint density at radius 3 is 1.05 bits per heavy atom. The van der Waals surface area contributed by atoms with Gasteiger partial charge in [-0.15, -0.1) is 0 Å². The number of benzene rings is 5. The first kappa shape index (κ1) is 25.9. The van der Waals surface area contributed by atoms with Gasteiger partial charge in [0, 0.05) is 0 Å². The molecule has 4 heteroatoms. The van der Waals surface area contributed by atoms with E-state index in [0.717, 1.165) is 5.06 Å². The van der Waals surface area contributed by atoms with Crippen molar-refractivity contribution in [1.29, 1.82) is 0 Å². The first-order chi connectivity index (χ1) is 18.1. The summed E-state index contributed by atoms with van der Waals surface area (Å²) in [5.74, 6) is 0.391. The number of allylic oxidation sites excluding steroid dienone is 1. The van der Waals surface area contributed by atoms with Crippen molar-refractivity contribution in [3.05, 3.63) is 162 Å². The van der Waals surface area contributed by atoms with Crippen LogP contribution >= 0.6 is 34.2 Å². The van der Waals surface area contributed by atoms with Gasteiger partial charge in [-0.1, -0.05) is 0 Å². The van der Waals surface area contributed by atoms with Crippen LogP contribution in [0.25, 0.3) is 0 Å². The molecule has 0 aliphatic carbocycles. The summed E-state index contributed by atoms with van der Waals surface area (Å²) in [6.07, 6.45) is 0. The molecule has 37 heavy (non-hydrogen) atoms. The van der Waals surface area contributed by atoms with E-state index in [1.54, 1.807) is 0 Å². The van der Waals surface area contributed by atoms with E-state index in [4.69, 9.17) is 0 Å². The van der Waals surface area contributed by atoms with E-state index in [-0.39, 0.29) is 0 Å². The molecule has 5 aromatic carbocycles. The monoisotopic (exact) mass is 630 g/mol. The van der Waals surface area contributed by atoms with Crippen molar-refractivity contribution in [1.82, 2.24) is 0 Å². The van der Waals surface area contributed by atoms with Crippen LogP contribution in [0, 0.1) is 0 Å². The molecule has 0 bridgehead atoms. The van der Waals surface area contributed by atoms with E-state index in [1.165, 1.54) is 26.5 Å². The van der Waals surface area contributed by atoms with Gasteiger partial charge in [-0.05, 0) is 0 Å². The molecular weight excluding hydrogens is 601 g/mol. The van der Waals surface area contributed by atoms with Gasteiger partial charge >= 0.3 is 235 Å². The van der Waals surface area contributed by atoms with Crippen molar-refractivity contribution < 1.29 is 5.11 Å². The van der Waals surface area contributed by atoms with E-state index >= 15 is 0 Å². The second-order valence-corrected chi connectivity index (χ2v) is 21.2. The SMILES string of the molecule is C/C(O)=C(\P(c1ccccc1)c1ccccc1)P(I)(c1ccccc1)(c1ccccc1)c1ccccc1. The van der Waals surface area contributed by atoms with Crippen LogP contribution in [0.4, 0.5) is 0 Å². The number of hydrogen-bond donors (Lipinski definition) is 1. The van der Waals surface area contributed by atoms with Crippen LogP contribution in [0.5, 0.6) is 0 Å². The van der Waals surface area contributed by atoms with Gasteiger partial charge in [-0.2, -0.15) is 0 Å². The van der Waals surface area contributed by atoms with Crippen LogP contribution in [0.3, 0.4) is 0 Å². The molecule has 0 fully saturated rings. The Balaban J connectivity index is 2.01. The molecule has 0 aromatic heterocycles. The zero-order chi connectivity index (χ0) is 25.7. The standard InChI is InChI=1S/C33H29IOP2/c1-27(35)33(36(28-17-7-2-8-18-28)29-19-9-3-10-20-29)37(34,30-21-11-4-12-22-30,31-23-13-5-14-24-31)32-25-15-6-16-26-32/h2-26,35H,1H3/b33-27-. The predicted octanol–water partition coefficient (Wildman–Crippen LogP) is 7.75. The van der Waals surface area contributed by atoms with Crippen molar-refractivity contribution in [3.63, 3.8) is 0 Å². The fourth-order valence-electron chi connectivity index (χ4n) is 5.14. The zero-order valence-electron chi connectivity index (χ0n) is 20.7. The van der Waals surface area contributed by atoms with Crippen LogP contribution in [0.2, 0.25) is 0 Å². The number of halogens is 1. The molecule has 0 aliphatic rings. The van der Waals surface area contributed by atoms with Crippen molar-refractivity contribution in [2.24, 2.45) is 0 Å². The van der Waals surface area contributed by atoms with Gasteiger partial charge in [-0.3, -0.25) is 0 Å². The molecule has 0 saturated heterocycles. The quantitative estimate of drug-likeness (QED) is 0.111. The topological polar surface area (TPSA) is 20.2 Å².